The molecule has 0 amide bonds. The lowest BCUT2D eigenvalue weighted by Gasteiger charge is -2.34. The van der Waals surface area contributed by atoms with E-state index in [0.29, 0.717) is 0 Å². The second-order valence-electron chi connectivity index (χ2n) is 3.57. The van der Waals surface area contributed by atoms with E-state index in [1.165, 1.54) is 19.4 Å². The number of hydrogen-bond donors (Lipinski definition) is 1. The number of rotatable bonds is 0. The largest absolute Gasteiger partial charge is 0.306 e. The Morgan fingerprint density at radius 2 is 2.44 bits per heavy atom. The summed E-state index contributed by atoms with van der Waals surface area (Å²) >= 11 is 0. The average Bonchev–Trinajstić information content (AvgIpc) is 2.53. The van der Waals surface area contributed by atoms with E-state index < -0.39 is 0 Å². The Balaban J connectivity index is 1.96. The molecule has 0 aromatic heterocycles. The van der Waals surface area contributed by atoms with Crippen LogP contribution in [0.25, 0.3) is 0 Å². The summed E-state index contributed by atoms with van der Waals surface area (Å²) < 4.78 is 0. The summed E-state index contributed by atoms with van der Waals surface area (Å²) in [6.45, 7) is 1.19. The molecule has 1 aliphatic heterocycles. The van der Waals surface area contributed by atoms with Crippen LogP contribution in [-0.4, -0.2) is 12.6 Å². The number of nitrogens with one attached hydrogen (secondary N) is 1. The fourth-order valence-electron chi connectivity index (χ4n) is 2.10. The van der Waals surface area contributed by atoms with Gasteiger partial charge in [-0.15, -0.1) is 0 Å². The lowest BCUT2D eigenvalue weighted by atomic mass is 9.88. The molecule has 0 radical (unpaired) electrons. The van der Waals surface area contributed by atoms with Gasteiger partial charge in [-0.3, -0.25) is 0 Å². The Morgan fingerprint density at radius 1 is 1.44 bits per heavy atom. The van der Waals surface area contributed by atoms with E-state index in [1.807, 2.05) is 0 Å². The van der Waals surface area contributed by atoms with Crippen molar-refractivity contribution < 1.29 is 0 Å². The van der Waals surface area contributed by atoms with E-state index in [9.17, 15) is 0 Å². The van der Waals surface area contributed by atoms with E-state index in [0.717, 1.165) is 17.9 Å². The predicted octanol–water partition coefficient (Wildman–Crippen LogP) is 0.924. The maximum atomic E-state index is 3.44. The molecule has 0 aromatic rings. The minimum Gasteiger partial charge on any atom is -0.306 e. The van der Waals surface area contributed by atoms with Crippen molar-refractivity contribution in [2.45, 2.75) is 18.9 Å². The molecule has 2 aliphatic carbocycles. The molecule has 1 saturated heterocycles. The molecule has 0 aromatic carbocycles. The van der Waals surface area contributed by atoms with Crippen LogP contribution in [0.1, 0.15) is 12.8 Å². The highest BCUT2D eigenvalue weighted by atomic mass is 15.0. The minimum absolute atomic E-state index is 0.814. The van der Waals surface area contributed by atoms with Crippen LogP contribution < -0.4 is 5.32 Å². The lowest BCUT2D eigenvalue weighted by Crippen LogP contribution is -2.47. The monoisotopic (exact) mass is 121 g/mol. The highest BCUT2D eigenvalue weighted by molar-refractivity contribution is 5.29. The quantitative estimate of drug-likeness (QED) is 0.470. The van der Waals surface area contributed by atoms with Crippen molar-refractivity contribution >= 4 is 0 Å². The van der Waals surface area contributed by atoms with Crippen LogP contribution in [0.3, 0.4) is 0 Å². The topological polar surface area (TPSA) is 12.0 Å². The maximum Gasteiger partial charge on any atom is 0.0297 e. The van der Waals surface area contributed by atoms with Crippen molar-refractivity contribution in [3.8, 4) is 0 Å². The van der Waals surface area contributed by atoms with E-state index in [1.54, 1.807) is 5.57 Å². The van der Waals surface area contributed by atoms with Gasteiger partial charge in [-0.1, -0.05) is 6.08 Å². The second kappa shape index (κ2) is 1.24. The van der Waals surface area contributed by atoms with Gasteiger partial charge in [-0.2, -0.15) is 0 Å². The fraction of sp³-hybridized carbons (Fsp3) is 0.750. The van der Waals surface area contributed by atoms with Gasteiger partial charge in [-0.05, 0) is 30.3 Å². The molecule has 0 bridgehead atoms. The van der Waals surface area contributed by atoms with Gasteiger partial charge in [0.05, 0.1) is 0 Å². The smallest absolute Gasteiger partial charge is 0.0297 e. The van der Waals surface area contributed by atoms with Crippen LogP contribution in [0, 0.1) is 11.8 Å². The van der Waals surface area contributed by atoms with Crippen molar-refractivity contribution in [2.75, 3.05) is 6.54 Å². The van der Waals surface area contributed by atoms with E-state index in [-0.39, 0.29) is 0 Å². The first-order chi connectivity index (χ1) is 4.43. The molecule has 2 unspecified atom stereocenters. The summed E-state index contributed by atoms with van der Waals surface area (Å²) in [6.07, 6.45) is 5.44. The number of allylic oxidation sites excluding steroid dienone is 1. The Hall–Kier alpha value is -0.300. The SMILES string of the molecule is C1=C2CNC2CC2C[C@@H]12. The molecule has 9 heavy (non-hydrogen) atoms. The zero-order valence-corrected chi connectivity index (χ0v) is 5.43. The van der Waals surface area contributed by atoms with Crippen molar-refractivity contribution in [3.63, 3.8) is 0 Å². The summed E-state index contributed by atoms with van der Waals surface area (Å²) in [4.78, 5) is 0. The van der Waals surface area contributed by atoms with Gasteiger partial charge in [0.1, 0.15) is 0 Å². The summed E-state index contributed by atoms with van der Waals surface area (Å²) in [6, 6.07) is 0.814. The highest BCUT2D eigenvalue weighted by Crippen LogP contribution is 2.49. The molecule has 1 heteroatoms. The molecule has 3 aliphatic rings. The Labute approximate surface area is 55.1 Å². The minimum atomic E-state index is 0.814. The number of fused-ring (bicyclic) bond motifs is 2. The van der Waals surface area contributed by atoms with Crippen molar-refractivity contribution in [2.24, 2.45) is 11.8 Å². The highest BCUT2D eigenvalue weighted by Gasteiger charge is 2.44. The first-order valence-corrected chi connectivity index (χ1v) is 3.87. The number of hydrogen-bond acceptors (Lipinski definition) is 1. The first kappa shape index (κ1) is 4.51. The van der Waals surface area contributed by atoms with Crippen LogP contribution >= 0.6 is 0 Å². The van der Waals surface area contributed by atoms with Crippen molar-refractivity contribution in [1.29, 1.82) is 0 Å². The molecule has 2 fully saturated rings. The predicted molar refractivity (Wildman–Crippen MR) is 36.1 cm³/mol. The fourth-order valence-corrected chi connectivity index (χ4v) is 2.10. The summed E-state index contributed by atoms with van der Waals surface area (Å²) in [5, 5.41) is 3.44. The average molecular weight is 121 g/mol. The molecule has 3 atom stereocenters. The molecular formula is C8H11N. The zero-order valence-electron chi connectivity index (χ0n) is 5.43. The molecule has 1 heterocycles. The third-order valence-electron chi connectivity index (χ3n) is 2.94. The summed E-state index contributed by atoms with van der Waals surface area (Å²) in [7, 11) is 0. The molecular weight excluding hydrogens is 110 g/mol. The van der Waals surface area contributed by atoms with Gasteiger partial charge in [0, 0.05) is 12.6 Å². The standard InChI is InChI=1S/C8H11N/c1-5-2-7-4-9-8(7)3-6(1)5/h2,5-6,8-9H,1,3-4H2/t5-,6?,8?/m0/s1. The molecule has 0 spiro atoms. The van der Waals surface area contributed by atoms with Crippen LogP contribution in [0.15, 0.2) is 11.6 Å². The first-order valence-electron chi connectivity index (χ1n) is 3.87. The van der Waals surface area contributed by atoms with Crippen LogP contribution in [-0.2, 0) is 0 Å². The zero-order chi connectivity index (χ0) is 5.84. The van der Waals surface area contributed by atoms with Crippen LogP contribution in [0.5, 0.6) is 0 Å². The van der Waals surface area contributed by atoms with E-state index >= 15 is 0 Å². The Bertz CT molecular complexity index is 183. The van der Waals surface area contributed by atoms with E-state index in [4.69, 9.17) is 0 Å². The summed E-state index contributed by atoms with van der Waals surface area (Å²) in [5.41, 5.74) is 1.70. The Morgan fingerprint density at radius 3 is 3.11 bits per heavy atom. The molecule has 1 saturated carbocycles. The Kier molecular flexibility index (Phi) is 0.620. The van der Waals surface area contributed by atoms with Gasteiger partial charge < -0.3 is 5.32 Å². The lowest BCUT2D eigenvalue weighted by molar-refractivity contribution is 0.414. The van der Waals surface area contributed by atoms with Gasteiger partial charge in [-0.25, -0.2) is 0 Å². The summed E-state index contributed by atoms with van der Waals surface area (Å²) in [5.74, 6) is 2.09. The normalized spacial score (nSPS) is 52.4. The van der Waals surface area contributed by atoms with Crippen LogP contribution in [0.4, 0.5) is 0 Å². The van der Waals surface area contributed by atoms with Crippen LogP contribution in [0.2, 0.25) is 0 Å². The van der Waals surface area contributed by atoms with Gasteiger partial charge in [0.15, 0.2) is 0 Å². The maximum absolute atomic E-state index is 3.44. The van der Waals surface area contributed by atoms with E-state index in [2.05, 4.69) is 11.4 Å². The van der Waals surface area contributed by atoms with Gasteiger partial charge in [0.25, 0.3) is 0 Å². The van der Waals surface area contributed by atoms with Crippen molar-refractivity contribution in [1.82, 2.24) is 5.32 Å². The van der Waals surface area contributed by atoms with Crippen molar-refractivity contribution in [3.05, 3.63) is 11.6 Å². The van der Waals surface area contributed by atoms with Gasteiger partial charge >= 0.3 is 0 Å². The molecule has 1 N–H and O–H groups in total. The second-order valence-corrected chi connectivity index (χ2v) is 3.57. The van der Waals surface area contributed by atoms with Gasteiger partial charge in [0.2, 0.25) is 0 Å². The molecule has 3 rings (SSSR count). The molecule has 1 nitrogen and oxygen atoms in total. The third kappa shape index (κ3) is 0.485. The molecule has 48 valence electrons. The third-order valence-corrected chi connectivity index (χ3v) is 2.94.